The van der Waals surface area contributed by atoms with Crippen LogP contribution in [0.25, 0.3) is 0 Å². The summed E-state index contributed by atoms with van der Waals surface area (Å²) in [5.74, 6) is -0.876. The maximum Gasteiger partial charge on any atom is 0.178 e. The third-order valence-corrected chi connectivity index (χ3v) is 4.03. The minimum Gasteiger partial charge on any atom is -0.293 e. The molecule has 0 amide bonds. The second-order valence-electron chi connectivity index (χ2n) is 4.71. The zero-order valence-corrected chi connectivity index (χ0v) is 11.9. The second kappa shape index (κ2) is 4.42. The topological polar surface area (TPSA) is 34.1 Å². The molecule has 0 fully saturated rings. The Morgan fingerprint density at radius 2 is 1.53 bits per heavy atom. The first-order valence-electron chi connectivity index (χ1n) is 6.03. The van der Waals surface area contributed by atoms with E-state index in [4.69, 9.17) is 0 Å². The van der Waals surface area contributed by atoms with Crippen LogP contribution in [0.4, 0.5) is 0 Å². The quantitative estimate of drug-likeness (QED) is 0.748. The second-order valence-corrected chi connectivity index (χ2v) is 5.62. The van der Waals surface area contributed by atoms with Gasteiger partial charge in [-0.2, -0.15) is 0 Å². The molecule has 0 N–H and O–H groups in total. The fraction of sp³-hybridized carbons (Fsp3) is 0.125. The molecule has 2 aromatic carbocycles. The van der Waals surface area contributed by atoms with E-state index in [1.54, 1.807) is 24.3 Å². The average molecular weight is 315 g/mol. The third-order valence-electron chi connectivity index (χ3n) is 3.53. The number of carbonyl (C=O) groups is 2. The van der Waals surface area contributed by atoms with E-state index >= 15 is 0 Å². The van der Waals surface area contributed by atoms with Gasteiger partial charge in [0.25, 0.3) is 0 Å². The highest BCUT2D eigenvalue weighted by atomic mass is 79.9. The van der Waals surface area contributed by atoms with Crippen LogP contribution in [0.2, 0.25) is 0 Å². The summed E-state index contributed by atoms with van der Waals surface area (Å²) in [4.78, 5) is 24.9. The normalized spacial score (nSPS) is 14.8. The summed E-state index contributed by atoms with van der Waals surface area (Å²) in [6, 6.07) is 12.7. The van der Waals surface area contributed by atoms with Crippen LogP contribution >= 0.6 is 15.9 Å². The third kappa shape index (κ3) is 1.85. The molecule has 3 heteroatoms. The minimum absolute atomic E-state index is 0.0956. The molecule has 94 valence electrons. The summed E-state index contributed by atoms with van der Waals surface area (Å²) in [5, 5.41) is 0. The molecule has 3 rings (SSSR count). The molecule has 0 spiro atoms. The van der Waals surface area contributed by atoms with E-state index in [2.05, 4.69) is 15.9 Å². The molecule has 2 aromatic rings. The Hall–Kier alpha value is -1.74. The maximum absolute atomic E-state index is 12.4. The van der Waals surface area contributed by atoms with E-state index in [1.807, 2.05) is 25.1 Å². The van der Waals surface area contributed by atoms with Gasteiger partial charge in [0.15, 0.2) is 11.6 Å². The molecule has 0 aliphatic heterocycles. The van der Waals surface area contributed by atoms with E-state index in [-0.39, 0.29) is 11.6 Å². The molecule has 1 aliphatic carbocycles. The molecular formula is C16H11BrO2. The Morgan fingerprint density at radius 3 is 2.11 bits per heavy atom. The standard InChI is InChI=1S/C16H11BrO2/c1-9-6-7-10(17)8-13(9)14-15(18)11-4-2-3-5-12(11)16(14)19/h2-8,14H,1H3. The lowest BCUT2D eigenvalue weighted by Crippen LogP contribution is -2.14. The van der Waals surface area contributed by atoms with Gasteiger partial charge in [0.1, 0.15) is 5.92 Å². The number of fused-ring (bicyclic) bond motifs is 1. The number of benzene rings is 2. The lowest BCUT2D eigenvalue weighted by Gasteiger charge is -2.11. The zero-order chi connectivity index (χ0) is 13.6. The van der Waals surface area contributed by atoms with Crippen molar-refractivity contribution in [1.29, 1.82) is 0 Å². The number of halogens is 1. The van der Waals surface area contributed by atoms with Crippen molar-refractivity contribution in [3.05, 3.63) is 69.2 Å². The Balaban J connectivity index is 2.17. The van der Waals surface area contributed by atoms with Crippen molar-refractivity contribution in [2.24, 2.45) is 0 Å². The highest BCUT2D eigenvalue weighted by molar-refractivity contribution is 9.10. The Labute approximate surface area is 119 Å². The fourth-order valence-electron chi connectivity index (χ4n) is 2.55. The van der Waals surface area contributed by atoms with Crippen LogP contribution < -0.4 is 0 Å². The predicted octanol–water partition coefficient (Wildman–Crippen LogP) is 3.92. The van der Waals surface area contributed by atoms with E-state index in [0.29, 0.717) is 11.1 Å². The van der Waals surface area contributed by atoms with Gasteiger partial charge in [-0.3, -0.25) is 9.59 Å². The van der Waals surface area contributed by atoms with E-state index in [1.165, 1.54) is 0 Å². The number of hydrogen-bond acceptors (Lipinski definition) is 2. The molecule has 0 bridgehead atoms. The van der Waals surface area contributed by atoms with Crippen molar-refractivity contribution in [3.8, 4) is 0 Å². The van der Waals surface area contributed by atoms with Crippen LogP contribution in [0.15, 0.2) is 46.9 Å². The van der Waals surface area contributed by atoms with Gasteiger partial charge in [-0.1, -0.05) is 46.3 Å². The van der Waals surface area contributed by atoms with Gasteiger partial charge >= 0.3 is 0 Å². The summed E-state index contributed by atoms with van der Waals surface area (Å²) in [5.41, 5.74) is 2.83. The number of rotatable bonds is 1. The van der Waals surface area contributed by atoms with E-state index in [0.717, 1.165) is 15.6 Å². The lowest BCUT2D eigenvalue weighted by molar-refractivity contribution is 0.0889. The highest BCUT2D eigenvalue weighted by Gasteiger charge is 2.39. The highest BCUT2D eigenvalue weighted by Crippen LogP contribution is 2.36. The van der Waals surface area contributed by atoms with Crippen LogP contribution in [-0.4, -0.2) is 11.6 Å². The number of ketones is 2. The predicted molar refractivity (Wildman–Crippen MR) is 76.7 cm³/mol. The number of hydrogen-bond donors (Lipinski definition) is 0. The SMILES string of the molecule is Cc1ccc(Br)cc1C1C(=O)c2ccccc2C1=O. The van der Waals surface area contributed by atoms with Crippen LogP contribution in [0, 0.1) is 6.92 Å². The molecule has 0 aromatic heterocycles. The Bertz CT molecular complexity index is 669. The van der Waals surface area contributed by atoms with Crippen LogP contribution in [0.1, 0.15) is 37.8 Å². The van der Waals surface area contributed by atoms with Gasteiger partial charge in [0.2, 0.25) is 0 Å². The number of aryl methyl sites for hydroxylation is 1. The van der Waals surface area contributed by atoms with Crippen LogP contribution in [0.5, 0.6) is 0 Å². The molecule has 0 atom stereocenters. The van der Waals surface area contributed by atoms with Gasteiger partial charge in [0.05, 0.1) is 0 Å². The van der Waals surface area contributed by atoms with Crippen molar-refractivity contribution < 1.29 is 9.59 Å². The largest absolute Gasteiger partial charge is 0.293 e. The molecule has 0 saturated carbocycles. The summed E-state index contributed by atoms with van der Waals surface area (Å²) in [6.45, 7) is 1.92. The molecule has 0 radical (unpaired) electrons. The molecular weight excluding hydrogens is 304 g/mol. The molecule has 1 aliphatic rings. The van der Waals surface area contributed by atoms with Gasteiger partial charge in [-0.05, 0) is 30.2 Å². The van der Waals surface area contributed by atoms with Crippen molar-refractivity contribution in [3.63, 3.8) is 0 Å². The lowest BCUT2D eigenvalue weighted by atomic mass is 9.91. The van der Waals surface area contributed by atoms with Gasteiger partial charge in [0, 0.05) is 15.6 Å². The number of Topliss-reactive ketones (excluding diaryl/α,β-unsaturated/α-hetero) is 2. The van der Waals surface area contributed by atoms with Crippen LogP contribution in [-0.2, 0) is 0 Å². The molecule has 0 unspecified atom stereocenters. The average Bonchev–Trinajstić information content (AvgIpc) is 2.66. The maximum atomic E-state index is 12.4. The van der Waals surface area contributed by atoms with Gasteiger partial charge < -0.3 is 0 Å². The summed E-state index contributed by atoms with van der Waals surface area (Å²) >= 11 is 3.40. The summed E-state index contributed by atoms with van der Waals surface area (Å²) in [6.07, 6.45) is 0. The van der Waals surface area contributed by atoms with Crippen molar-refractivity contribution in [1.82, 2.24) is 0 Å². The van der Waals surface area contributed by atoms with E-state index in [9.17, 15) is 9.59 Å². The first-order chi connectivity index (χ1) is 9.09. The van der Waals surface area contributed by atoms with Gasteiger partial charge in [-0.15, -0.1) is 0 Å². The minimum atomic E-state index is -0.685. The van der Waals surface area contributed by atoms with Crippen LogP contribution in [0.3, 0.4) is 0 Å². The Kier molecular flexibility index (Phi) is 2.86. The smallest absolute Gasteiger partial charge is 0.178 e. The molecule has 19 heavy (non-hydrogen) atoms. The summed E-state index contributed by atoms with van der Waals surface area (Å²) < 4.78 is 0.879. The van der Waals surface area contributed by atoms with Crippen molar-refractivity contribution >= 4 is 27.5 Å². The van der Waals surface area contributed by atoms with Gasteiger partial charge in [-0.25, -0.2) is 0 Å². The zero-order valence-electron chi connectivity index (χ0n) is 10.3. The molecule has 0 heterocycles. The Morgan fingerprint density at radius 1 is 0.947 bits per heavy atom. The first kappa shape index (κ1) is 12.3. The first-order valence-corrected chi connectivity index (χ1v) is 6.82. The van der Waals surface area contributed by atoms with E-state index < -0.39 is 5.92 Å². The summed E-state index contributed by atoms with van der Waals surface area (Å²) in [7, 11) is 0. The van der Waals surface area contributed by atoms with Crippen molar-refractivity contribution in [2.75, 3.05) is 0 Å². The number of carbonyl (C=O) groups excluding carboxylic acids is 2. The fourth-order valence-corrected chi connectivity index (χ4v) is 2.93. The van der Waals surface area contributed by atoms with Crippen molar-refractivity contribution in [2.45, 2.75) is 12.8 Å². The molecule has 0 saturated heterocycles. The molecule has 2 nitrogen and oxygen atoms in total. The monoisotopic (exact) mass is 314 g/mol.